The Morgan fingerprint density at radius 3 is 2.50 bits per heavy atom. The van der Waals surface area contributed by atoms with Gasteiger partial charge in [0.15, 0.2) is 0 Å². The predicted molar refractivity (Wildman–Crippen MR) is 97.6 cm³/mol. The van der Waals surface area contributed by atoms with Crippen LogP contribution in [0.4, 0.5) is 0 Å². The van der Waals surface area contributed by atoms with Crippen molar-refractivity contribution in [2.75, 3.05) is 0 Å². The molecule has 1 aromatic heterocycles. The van der Waals surface area contributed by atoms with E-state index < -0.39 is 0 Å². The second-order valence-corrected chi connectivity index (χ2v) is 6.02. The third-order valence-corrected chi connectivity index (χ3v) is 4.42. The first-order valence-electron chi connectivity index (χ1n) is 8.49. The molecule has 124 valence electrons. The zero-order valence-electron chi connectivity index (χ0n) is 14.4. The van der Waals surface area contributed by atoms with Crippen molar-refractivity contribution in [3.05, 3.63) is 59.9 Å². The van der Waals surface area contributed by atoms with Crippen molar-refractivity contribution in [3.8, 4) is 5.69 Å². The number of aromatic nitrogens is 2. The summed E-state index contributed by atoms with van der Waals surface area (Å²) in [6.45, 7) is 6.15. The molecule has 2 aromatic carbocycles. The largest absolute Gasteiger partial charge is 0.349 e. The van der Waals surface area contributed by atoms with E-state index in [4.69, 9.17) is 0 Å². The van der Waals surface area contributed by atoms with Crippen LogP contribution in [0, 0.1) is 6.92 Å². The van der Waals surface area contributed by atoms with E-state index in [1.165, 1.54) is 0 Å². The fraction of sp³-hybridized carbons (Fsp3) is 0.300. The summed E-state index contributed by atoms with van der Waals surface area (Å²) in [7, 11) is 0. The molecule has 4 nitrogen and oxygen atoms in total. The van der Waals surface area contributed by atoms with Crippen molar-refractivity contribution in [2.24, 2.45) is 0 Å². The Morgan fingerprint density at radius 1 is 1.12 bits per heavy atom. The number of amides is 1. The Bertz CT molecular complexity index is 848. The minimum absolute atomic E-state index is 0.0301. The lowest BCUT2D eigenvalue weighted by Gasteiger charge is -2.14. The van der Waals surface area contributed by atoms with Gasteiger partial charge in [0.2, 0.25) is 0 Å². The Kier molecular flexibility index (Phi) is 4.65. The van der Waals surface area contributed by atoms with E-state index in [-0.39, 0.29) is 11.9 Å². The Balaban J connectivity index is 1.97. The molecule has 0 spiro atoms. The van der Waals surface area contributed by atoms with Crippen LogP contribution in [-0.2, 0) is 0 Å². The number of nitrogens with one attached hydrogen (secondary N) is 1. The molecule has 4 heteroatoms. The third-order valence-electron chi connectivity index (χ3n) is 4.42. The predicted octanol–water partition coefficient (Wildman–Crippen LogP) is 4.25. The first-order valence-corrected chi connectivity index (χ1v) is 8.49. The number of carbonyl (C=O) groups is 1. The van der Waals surface area contributed by atoms with E-state index in [0.29, 0.717) is 5.56 Å². The maximum atomic E-state index is 12.4. The first-order chi connectivity index (χ1) is 11.6. The maximum Gasteiger partial charge on any atom is 0.251 e. The highest BCUT2D eigenvalue weighted by Crippen LogP contribution is 2.22. The van der Waals surface area contributed by atoms with Crippen molar-refractivity contribution < 1.29 is 4.79 Å². The fourth-order valence-corrected chi connectivity index (χ4v) is 3.01. The molecule has 1 heterocycles. The van der Waals surface area contributed by atoms with E-state index in [1.807, 2.05) is 43.3 Å². The van der Waals surface area contributed by atoms with E-state index in [9.17, 15) is 4.79 Å². The van der Waals surface area contributed by atoms with Gasteiger partial charge in [-0.05, 0) is 50.1 Å². The number of hydrogen-bond donors (Lipinski definition) is 1. The highest BCUT2D eigenvalue weighted by Gasteiger charge is 2.14. The molecule has 0 aliphatic heterocycles. The number of nitrogens with zero attached hydrogens (tertiary/aromatic N) is 2. The molecule has 0 bridgehead atoms. The zero-order valence-corrected chi connectivity index (χ0v) is 14.4. The molecule has 1 N–H and O–H groups in total. The van der Waals surface area contributed by atoms with Gasteiger partial charge in [-0.25, -0.2) is 4.98 Å². The number of para-hydroxylation sites is 1. The van der Waals surface area contributed by atoms with Gasteiger partial charge in [-0.3, -0.25) is 9.36 Å². The molecule has 0 saturated heterocycles. The third kappa shape index (κ3) is 3.04. The quantitative estimate of drug-likeness (QED) is 0.763. The second-order valence-electron chi connectivity index (χ2n) is 6.02. The van der Waals surface area contributed by atoms with E-state index in [1.54, 1.807) is 0 Å². The zero-order chi connectivity index (χ0) is 17.1. The standard InChI is InChI=1S/C20H23N3O/c1-4-16(5-2)22-20(24)15-11-12-19-18(13-15)21-14(3)23(19)17-9-7-6-8-10-17/h6-13,16H,4-5H2,1-3H3,(H,22,24). The molecule has 0 atom stereocenters. The molecule has 0 fully saturated rings. The van der Waals surface area contributed by atoms with Crippen LogP contribution in [0.3, 0.4) is 0 Å². The molecule has 0 aliphatic rings. The fourth-order valence-electron chi connectivity index (χ4n) is 3.01. The number of aryl methyl sites for hydroxylation is 1. The molecule has 1 amide bonds. The Labute approximate surface area is 142 Å². The van der Waals surface area contributed by atoms with Crippen molar-refractivity contribution in [1.82, 2.24) is 14.9 Å². The normalized spacial score (nSPS) is 11.2. The molecule has 3 rings (SSSR count). The lowest BCUT2D eigenvalue weighted by Crippen LogP contribution is -2.33. The summed E-state index contributed by atoms with van der Waals surface area (Å²) in [5.74, 6) is 0.881. The molecular formula is C20H23N3O. The maximum absolute atomic E-state index is 12.4. The summed E-state index contributed by atoms with van der Waals surface area (Å²) in [6.07, 6.45) is 1.87. The topological polar surface area (TPSA) is 46.9 Å². The van der Waals surface area contributed by atoms with Crippen LogP contribution < -0.4 is 5.32 Å². The number of benzene rings is 2. The van der Waals surface area contributed by atoms with Gasteiger partial charge in [-0.1, -0.05) is 32.0 Å². The second kappa shape index (κ2) is 6.87. The number of rotatable bonds is 5. The average molecular weight is 321 g/mol. The van der Waals surface area contributed by atoms with Crippen molar-refractivity contribution in [2.45, 2.75) is 39.7 Å². The van der Waals surface area contributed by atoms with Gasteiger partial charge in [0.05, 0.1) is 11.0 Å². The van der Waals surface area contributed by atoms with Gasteiger partial charge in [-0.2, -0.15) is 0 Å². The van der Waals surface area contributed by atoms with Gasteiger partial charge < -0.3 is 5.32 Å². The summed E-state index contributed by atoms with van der Waals surface area (Å²) in [5.41, 5.74) is 3.59. The smallest absolute Gasteiger partial charge is 0.251 e. The lowest BCUT2D eigenvalue weighted by molar-refractivity contribution is 0.0935. The van der Waals surface area contributed by atoms with Crippen molar-refractivity contribution in [3.63, 3.8) is 0 Å². The van der Waals surface area contributed by atoms with Crippen LogP contribution >= 0.6 is 0 Å². The molecule has 24 heavy (non-hydrogen) atoms. The van der Waals surface area contributed by atoms with Gasteiger partial charge in [-0.15, -0.1) is 0 Å². The molecule has 0 radical (unpaired) electrons. The summed E-state index contributed by atoms with van der Waals surface area (Å²) >= 11 is 0. The van der Waals surface area contributed by atoms with Gasteiger partial charge >= 0.3 is 0 Å². The van der Waals surface area contributed by atoms with E-state index >= 15 is 0 Å². The minimum atomic E-state index is -0.0301. The molecule has 3 aromatic rings. The highest BCUT2D eigenvalue weighted by molar-refractivity contribution is 5.97. The number of hydrogen-bond acceptors (Lipinski definition) is 2. The number of imidazole rings is 1. The van der Waals surface area contributed by atoms with Gasteiger partial charge in [0.1, 0.15) is 5.82 Å². The van der Waals surface area contributed by atoms with Crippen molar-refractivity contribution in [1.29, 1.82) is 0 Å². The highest BCUT2D eigenvalue weighted by atomic mass is 16.1. The van der Waals surface area contributed by atoms with E-state index in [2.05, 4.69) is 40.8 Å². The van der Waals surface area contributed by atoms with Crippen LogP contribution in [0.25, 0.3) is 16.7 Å². The van der Waals surface area contributed by atoms with Crippen LogP contribution in [0.5, 0.6) is 0 Å². The summed E-state index contributed by atoms with van der Waals surface area (Å²) in [5, 5.41) is 3.08. The molecule has 0 unspecified atom stereocenters. The molecular weight excluding hydrogens is 298 g/mol. The van der Waals surface area contributed by atoms with Gasteiger partial charge in [0, 0.05) is 17.3 Å². The Morgan fingerprint density at radius 2 is 1.83 bits per heavy atom. The first kappa shape index (κ1) is 16.2. The Hall–Kier alpha value is -2.62. The molecule has 0 aliphatic carbocycles. The summed E-state index contributed by atoms with van der Waals surface area (Å²) < 4.78 is 2.11. The van der Waals surface area contributed by atoms with Crippen LogP contribution in [0.2, 0.25) is 0 Å². The summed E-state index contributed by atoms with van der Waals surface area (Å²) in [6, 6.07) is 16.1. The van der Waals surface area contributed by atoms with Crippen LogP contribution in [0.15, 0.2) is 48.5 Å². The monoisotopic (exact) mass is 321 g/mol. The van der Waals surface area contributed by atoms with Crippen LogP contribution in [0.1, 0.15) is 42.9 Å². The SMILES string of the molecule is CCC(CC)NC(=O)c1ccc2c(c1)nc(C)n2-c1ccccc1. The summed E-state index contributed by atoms with van der Waals surface area (Å²) in [4.78, 5) is 17.1. The van der Waals surface area contributed by atoms with E-state index in [0.717, 1.165) is 35.4 Å². The van der Waals surface area contributed by atoms with Gasteiger partial charge in [0.25, 0.3) is 5.91 Å². The van der Waals surface area contributed by atoms with Crippen LogP contribution in [-0.4, -0.2) is 21.5 Å². The average Bonchev–Trinajstić information content (AvgIpc) is 2.95. The van der Waals surface area contributed by atoms with Crippen molar-refractivity contribution >= 4 is 16.9 Å². The molecule has 0 saturated carbocycles. The number of carbonyl (C=O) groups excluding carboxylic acids is 1. The minimum Gasteiger partial charge on any atom is -0.349 e. The number of fused-ring (bicyclic) bond motifs is 1. The lowest BCUT2D eigenvalue weighted by atomic mass is 10.1.